The summed E-state index contributed by atoms with van der Waals surface area (Å²) in [5, 5.41) is 12.0. The molecule has 0 saturated carbocycles. The van der Waals surface area contributed by atoms with Crippen molar-refractivity contribution >= 4 is 35.0 Å². The molecule has 1 aromatic heterocycles. The van der Waals surface area contributed by atoms with Crippen molar-refractivity contribution in [3.63, 3.8) is 0 Å². The fraction of sp³-hybridized carbons (Fsp3) is 0.280. The number of benzene rings is 2. The number of rotatable bonds is 6. The number of hydrogen-bond donors (Lipinski definition) is 2. The second kappa shape index (κ2) is 9.98. The summed E-state index contributed by atoms with van der Waals surface area (Å²) in [5.41, 5.74) is 0.882. The van der Waals surface area contributed by atoms with Gasteiger partial charge in [0.15, 0.2) is 0 Å². The molecule has 0 fully saturated rings. The lowest BCUT2D eigenvalue weighted by atomic mass is 9.95. The first-order valence-electron chi connectivity index (χ1n) is 11.1. The van der Waals surface area contributed by atoms with E-state index >= 15 is 0 Å². The fourth-order valence-electron chi connectivity index (χ4n) is 3.43. The zero-order valence-corrected chi connectivity index (χ0v) is 20.5. The molecule has 0 radical (unpaired) electrons. The van der Waals surface area contributed by atoms with E-state index in [0.29, 0.717) is 17.0 Å². The molecule has 1 aliphatic heterocycles. The average molecular weight is 515 g/mol. The van der Waals surface area contributed by atoms with Crippen LogP contribution in [0.1, 0.15) is 20.8 Å². The Balaban J connectivity index is 1.52. The summed E-state index contributed by atoms with van der Waals surface area (Å²) in [5.74, 6) is -1.14. The minimum atomic E-state index is -1.08. The molecule has 0 bridgehead atoms. The zero-order chi connectivity index (χ0) is 26.0. The SMILES string of the molecule is CC1CN(C(=O)Nc2ccc(Cl)cc2F)c2ccc(-c3cnc(OCC(C)(C)C(=O)O)nc3)cc2O1. The van der Waals surface area contributed by atoms with Gasteiger partial charge in [-0.2, -0.15) is 0 Å². The highest BCUT2D eigenvalue weighted by atomic mass is 35.5. The molecule has 2 heterocycles. The molecule has 1 unspecified atom stereocenters. The highest BCUT2D eigenvalue weighted by molar-refractivity contribution is 6.30. The van der Waals surface area contributed by atoms with Crippen molar-refractivity contribution in [3.8, 4) is 22.9 Å². The highest BCUT2D eigenvalue weighted by Gasteiger charge is 2.30. The van der Waals surface area contributed by atoms with Crippen LogP contribution in [-0.4, -0.2) is 46.3 Å². The standard InChI is InChI=1S/C25H24ClFN4O5/c1-14-12-31(24(34)30-19-6-5-17(26)9-18(19)27)20-7-4-15(8-21(20)36-14)16-10-28-23(29-11-16)35-13-25(2,3)22(32)33/h4-11,14H,12-13H2,1-3H3,(H,30,34)(H,32,33). The molecule has 2 N–H and O–H groups in total. The van der Waals surface area contributed by atoms with E-state index in [4.69, 9.17) is 21.1 Å². The van der Waals surface area contributed by atoms with Crippen LogP contribution in [0.4, 0.5) is 20.6 Å². The average Bonchev–Trinajstić information content (AvgIpc) is 2.83. The first-order chi connectivity index (χ1) is 17.0. The van der Waals surface area contributed by atoms with Crippen molar-refractivity contribution in [1.29, 1.82) is 0 Å². The van der Waals surface area contributed by atoms with Crippen molar-refractivity contribution in [2.45, 2.75) is 26.9 Å². The Morgan fingerprint density at radius 1 is 1.22 bits per heavy atom. The van der Waals surface area contributed by atoms with Gasteiger partial charge in [-0.05, 0) is 56.7 Å². The van der Waals surface area contributed by atoms with Crippen molar-refractivity contribution in [1.82, 2.24) is 9.97 Å². The lowest BCUT2D eigenvalue weighted by Gasteiger charge is -2.33. The largest absolute Gasteiger partial charge is 0.487 e. The molecular weight excluding hydrogens is 491 g/mol. The van der Waals surface area contributed by atoms with Gasteiger partial charge in [-0.3, -0.25) is 9.69 Å². The molecule has 9 nitrogen and oxygen atoms in total. The summed E-state index contributed by atoms with van der Waals surface area (Å²) in [4.78, 5) is 34.0. The van der Waals surface area contributed by atoms with Crippen LogP contribution in [0.2, 0.25) is 5.02 Å². The van der Waals surface area contributed by atoms with Crippen LogP contribution in [0.15, 0.2) is 48.8 Å². The smallest absolute Gasteiger partial charge is 0.326 e. The summed E-state index contributed by atoms with van der Waals surface area (Å²) < 4.78 is 25.5. The van der Waals surface area contributed by atoms with Gasteiger partial charge in [0.05, 0.1) is 23.3 Å². The Bertz CT molecular complexity index is 1300. The van der Waals surface area contributed by atoms with E-state index in [9.17, 15) is 19.1 Å². The van der Waals surface area contributed by atoms with Crippen LogP contribution in [0, 0.1) is 11.2 Å². The molecule has 188 valence electrons. The Labute approximate surface area is 211 Å². The van der Waals surface area contributed by atoms with Crippen molar-refractivity contribution in [2.75, 3.05) is 23.4 Å². The number of carboxylic acids is 1. The number of fused-ring (bicyclic) bond motifs is 1. The molecule has 2 amide bonds. The quantitative estimate of drug-likeness (QED) is 0.462. The summed E-state index contributed by atoms with van der Waals surface area (Å²) in [6.07, 6.45) is 2.80. The number of amides is 2. The highest BCUT2D eigenvalue weighted by Crippen LogP contribution is 2.37. The number of nitrogens with one attached hydrogen (secondary N) is 1. The van der Waals surface area contributed by atoms with Gasteiger partial charge in [0.2, 0.25) is 0 Å². The van der Waals surface area contributed by atoms with Crippen LogP contribution in [0.3, 0.4) is 0 Å². The van der Waals surface area contributed by atoms with Gasteiger partial charge in [0, 0.05) is 23.0 Å². The molecule has 0 aliphatic carbocycles. The number of carbonyl (C=O) groups is 2. The van der Waals surface area contributed by atoms with E-state index < -0.39 is 23.2 Å². The van der Waals surface area contributed by atoms with Gasteiger partial charge in [-0.1, -0.05) is 17.7 Å². The predicted molar refractivity (Wildman–Crippen MR) is 132 cm³/mol. The summed E-state index contributed by atoms with van der Waals surface area (Å²) >= 11 is 5.79. The molecule has 36 heavy (non-hydrogen) atoms. The van der Waals surface area contributed by atoms with Crippen LogP contribution >= 0.6 is 11.6 Å². The predicted octanol–water partition coefficient (Wildman–Crippen LogP) is 5.25. The Morgan fingerprint density at radius 2 is 1.94 bits per heavy atom. The third-order valence-electron chi connectivity index (χ3n) is 5.54. The van der Waals surface area contributed by atoms with E-state index in [2.05, 4.69) is 15.3 Å². The maximum atomic E-state index is 14.2. The number of aliphatic carboxylic acids is 1. The molecule has 0 saturated heterocycles. The molecule has 11 heteroatoms. The molecule has 0 spiro atoms. The van der Waals surface area contributed by atoms with Gasteiger partial charge in [0.1, 0.15) is 24.3 Å². The Hall–Kier alpha value is -3.92. The fourth-order valence-corrected chi connectivity index (χ4v) is 3.59. The van der Waals surface area contributed by atoms with E-state index in [0.717, 1.165) is 11.6 Å². The maximum absolute atomic E-state index is 14.2. The minimum absolute atomic E-state index is 0.0212. The normalized spacial score (nSPS) is 15.0. The third-order valence-corrected chi connectivity index (χ3v) is 5.77. The van der Waals surface area contributed by atoms with Crippen LogP contribution in [0.25, 0.3) is 11.1 Å². The summed E-state index contributed by atoms with van der Waals surface area (Å²) in [7, 11) is 0. The number of hydrogen-bond acceptors (Lipinski definition) is 6. The van der Waals surface area contributed by atoms with Crippen molar-refractivity contribution < 1.29 is 28.6 Å². The maximum Gasteiger partial charge on any atom is 0.326 e. The van der Waals surface area contributed by atoms with Gasteiger partial charge in [-0.15, -0.1) is 0 Å². The molecule has 1 aliphatic rings. The Morgan fingerprint density at radius 3 is 2.61 bits per heavy atom. The number of halogens is 2. The number of urea groups is 1. The molecule has 3 aromatic rings. The summed E-state index contributed by atoms with van der Waals surface area (Å²) in [6, 6.07) is 8.86. The zero-order valence-electron chi connectivity index (χ0n) is 19.8. The van der Waals surface area contributed by atoms with Crippen molar-refractivity contribution in [3.05, 3.63) is 59.6 Å². The first kappa shape index (κ1) is 25.2. The second-order valence-electron chi connectivity index (χ2n) is 9.01. The third kappa shape index (κ3) is 5.49. The van der Waals surface area contributed by atoms with E-state index in [1.807, 2.05) is 6.92 Å². The van der Waals surface area contributed by atoms with E-state index in [1.54, 1.807) is 44.4 Å². The van der Waals surface area contributed by atoms with Crippen LogP contribution < -0.4 is 19.7 Å². The molecular formula is C25H24ClFN4O5. The van der Waals surface area contributed by atoms with Gasteiger partial charge >= 0.3 is 18.0 Å². The Kier molecular flexibility index (Phi) is 6.98. The lowest BCUT2D eigenvalue weighted by molar-refractivity contribution is -0.148. The van der Waals surface area contributed by atoms with E-state index in [1.165, 1.54) is 17.0 Å². The topological polar surface area (TPSA) is 114 Å². The van der Waals surface area contributed by atoms with Crippen molar-refractivity contribution in [2.24, 2.45) is 5.41 Å². The number of carbonyl (C=O) groups excluding carboxylic acids is 1. The molecule has 2 aromatic carbocycles. The number of nitrogens with zero attached hydrogens (tertiary/aromatic N) is 3. The number of aromatic nitrogens is 2. The first-order valence-corrected chi connectivity index (χ1v) is 11.4. The second-order valence-corrected chi connectivity index (χ2v) is 9.44. The van der Waals surface area contributed by atoms with Gasteiger partial charge < -0.3 is 19.9 Å². The van der Waals surface area contributed by atoms with Gasteiger partial charge in [0.25, 0.3) is 0 Å². The molecule has 4 rings (SSSR count). The van der Waals surface area contributed by atoms with Crippen LogP contribution in [0.5, 0.6) is 11.8 Å². The number of anilines is 2. The monoisotopic (exact) mass is 514 g/mol. The number of ether oxygens (including phenoxy) is 2. The lowest BCUT2D eigenvalue weighted by Crippen LogP contribution is -2.44. The number of carboxylic acid groups (broad SMARTS) is 1. The minimum Gasteiger partial charge on any atom is -0.487 e. The molecule has 1 atom stereocenters. The van der Waals surface area contributed by atoms with Gasteiger partial charge in [-0.25, -0.2) is 19.2 Å². The van der Waals surface area contributed by atoms with E-state index in [-0.39, 0.29) is 36.0 Å². The summed E-state index contributed by atoms with van der Waals surface area (Å²) in [6.45, 7) is 5.12. The van der Waals surface area contributed by atoms with Crippen LogP contribution in [-0.2, 0) is 4.79 Å².